The Labute approximate surface area is 330 Å². The molecule has 0 spiro atoms. The zero-order valence-electron chi connectivity index (χ0n) is 33.7. The minimum Gasteiger partial charge on any atom is -0.481 e. The molecule has 0 aliphatic heterocycles. The summed E-state index contributed by atoms with van der Waals surface area (Å²) in [4.78, 5) is 39.1. The highest BCUT2D eigenvalue weighted by Crippen LogP contribution is 2.67. The van der Waals surface area contributed by atoms with Gasteiger partial charge in [0, 0.05) is 19.5 Å². The maximum absolute atomic E-state index is 10.7. The zero-order valence-corrected chi connectivity index (χ0v) is 33.7. The molecule has 16 heteroatoms. The number of hydrogen-bond donors (Lipinski definition) is 4. The topological polar surface area (TPSA) is 239 Å². The SMILES string of the molecule is CC(=O)O.CCCCC1CCC2[C@@H]3CC[C@@H]4CCCCC4(C)C3CCC12C.NCCOCCOCCOC=O.O=C(O)CNc1ccc([N+](=O)[O-])c2nonc12. The second-order valence-corrected chi connectivity index (χ2v) is 16.0. The molecule has 1 aromatic carbocycles. The molecular weight excluding hydrogens is 726 g/mol. The Hall–Kier alpha value is -3.89. The number of benzene rings is 1. The van der Waals surface area contributed by atoms with Gasteiger partial charge in [-0.25, -0.2) is 4.63 Å². The van der Waals surface area contributed by atoms with Crippen LogP contribution in [0.4, 0.5) is 11.4 Å². The second kappa shape index (κ2) is 23.4. The molecule has 316 valence electrons. The van der Waals surface area contributed by atoms with Crippen LogP contribution < -0.4 is 11.1 Å². The van der Waals surface area contributed by atoms with E-state index >= 15 is 0 Å². The van der Waals surface area contributed by atoms with Crippen LogP contribution in [-0.2, 0) is 28.6 Å². The van der Waals surface area contributed by atoms with Crippen LogP contribution in [0.15, 0.2) is 16.8 Å². The highest BCUT2D eigenvalue weighted by Gasteiger charge is 2.59. The van der Waals surface area contributed by atoms with E-state index in [1.807, 2.05) is 0 Å². The first-order valence-electron chi connectivity index (χ1n) is 20.3. The number of aromatic nitrogens is 2. The van der Waals surface area contributed by atoms with Gasteiger partial charge in [-0.2, -0.15) is 0 Å². The Morgan fingerprint density at radius 3 is 2.30 bits per heavy atom. The maximum atomic E-state index is 10.7. The fraction of sp³-hybridized carbons (Fsp3) is 0.775. The van der Waals surface area contributed by atoms with Crippen molar-refractivity contribution in [1.82, 2.24) is 10.3 Å². The number of anilines is 1. The number of nitrogens with zero attached hydrogens (tertiary/aromatic N) is 3. The molecule has 4 saturated carbocycles. The number of fused-ring (bicyclic) bond motifs is 6. The molecule has 0 amide bonds. The number of hydrogen-bond acceptors (Lipinski definition) is 13. The van der Waals surface area contributed by atoms with Gasteiger partial charge < -0.3 is 35.5 Å². The van der Waals surface area contributed by atoms with Crippen molar-refractivity contribution in [3.8, 4) is 0 Å². The van der Waals surface area contributed by atoms with Crippen LogP contribution in [0, 0.1) is 50.5 Å². The van der Waals surface area contributed by atoms with Crippen LogP contribution in [0.25, 0.3) is 11.0 Å². The lowest BCUT2D eigenvalue weighted by molar-refractivity contribution is -0.383. The molecule has 16 nitrogen and oxygen atoms in total. The lowest BCUT2D eigenvalue weighted by Crippen LogP contribution is -2.52. The van der Waals surface area contributed by atoms with E-state index in [1.54, 1.807) is 51.4 Å². The summed E-state index contributed by atoms with van der Waals surface area (Å²) in [5.41, 5.74) is 6.80. The van der Waals surface area contributed by atoms with Crippen molar-refractivity contribution in [3.05, 3.63) is 22.2 Å². The summed E-state index contributed by atoms with van der Waals surface area (Å²) in [7, 11) is 0. The van der Waals surface area contributed by atoms with Gasteiger partial charge in [0.25, 0.3) is 12.4 Å². The van der Waals surface area contributed by atoms with Gasteiger partial charge in [-0.05, 0) is 115 Å². The van der Waals surface area contributed by atoms with E-state index in [0.717, 1.165) is 41.9 Å². The number of rotatable bonds is 16. The number of carboxylic acid groups (broad SMARTS) is 2. The molecule has 0 bridgehead atoms. The minimum atomic E-state index is -1.06. The van der Waals surface area contributed by atoms with Crippen molar-refractivity contribution in [1.29, 1.82) is 0 Å². The van der Waals surface area contributed by atoms with Crippen molar-refractivity contribution in [3.63, 3.8) is 0 Å². The van der Waals surface area contributed by atoms with Gasteiger partial charge in [0.05, 0.1) is 37.0 Å². The summed E-state index contributed by atoms with van der Waals surface area (Å²) < 4.78 is 18.9. The zero-order chi connectivity index (χ0) is 41.1. The molecule has 2 aromatic rings. The van der Waals surface area contributed by atoms with E-state index in [2.05, 4.69) is 45.8 Å². The summed E-state index contributed by atoms with van der Waals surface area (Å²) >= 11 is 0. The summed E-state index contributed by atoms with van der Waals surface area (Å²) in [6.07, 6.45) is 20.0. The third kappa shape index (κ3) is 12.8. The number of unbranched alkanes of at least 4 members (excludes halogenated alkanes) is 1. The van der Waals surface area contributed by atoms with Gasteiger partial charge in [-0.1, -0.05) is 46.5 Å². The quantitative estimate of drug-likeness (QED) is 0.0574. The number of carbonyl (C=O) groups excluding carboxylic acids is 1. The van der Waals surface area contributed by atoms with Crippen molar-refractivity contribution >= 4 is 40.8 Å². The van der Waals surface area contributed by atoms with Crippen LogP contribution in [0.3, 0.4) is 0 Å². The molecule has 6 rings (SSSR count). The average molecular weight is 792 g/mol. The predicted octanol–water partition coefficient (Wildman–Crippen LogP) is 7.10. The monoisotopic (exact) mass is 791 g/mol. The highest BCUT2D eigenvalue weighted by molar-refractivity contribution is 5.94. The molecule has 5 unspecified atom stereocenters. The molecule has 56 heavy (non-hydrogen) atoms. The number of nitro groups is 1. The normalized spacial score (nSPS) is 27.3. The van der Waals surface area contributed by atoms with E-state index in [1.165, 1.54) is 44.2 Å². The van der Waals surface area contributed by atoms with Crippen molar-refractivity contribution in [2.24, 2.45) is 46.2 Å². The standard InChI is InChI=1S/C23H40.C8H6N4O5.C7H15NO4.C2H4O2/c1-4-5-8-17-11-13-20-19-12-10-18-9-6-7-15-22(18,2)21(19)14-16-23(17,20)3;13-6(14)3-9-4-1-2-5(12(15)16)8-7(4)10-17-11-8;8-1-2-10-3-4-11-5-6-12-7-9;1-2(3)4/h17-21H,4-16H2,1-3H3;1-2,9H,3H2,(H,13,14);7H,1-6,8H2;1H3,(H,3,4)/t17?,18-,19-,20?,21?,22?,23?;;;/m0.../s1. The number of aliphatic carboxylic acids is 2. The molecule has 1 aromatic heterocycles. The Bertz CT molecular complexity index is 1520. The smallest absolute Gasteiger partial charge is 0.322 e. The van der Waals surface area contributed by atoms with Crippen LogP contribution in [0.5, 0.6) is 0 Å². The summed E-state index contributed by atoms with van der Waals surface area (Å²) in [5, 5.41) is 36.1. The largest absolute Gasteiger partial charge is 0.481 e. The fourth-order valence-electron chi connectivity index (χ4n) is 10.2. The fourth-order valence-corrected chi connectivity index (χ4v) is 10.2. The third-order valence-corrected chi connectivity index (χ3v) is 12.8. The van der Waals surface area contributed by atoms with Gasteiger partial charge in [0.1, 0.15) is 13.2 Å². The van der Waals surface area contributed by atoms with E-state index < -0.39 is 16.9 Å². The first-order chi connectivity index (χ1) is 26.8. The molecule has 0 radical (unpaired) electrons. The number of carbonyl (C=O) groups is 3. The predicted molar refractivity (Wildman–Crippen MR) is 210 cm³/mol. The molecule has 4 aliphatic carbocycles. The first-order valence-corrected chi connectivity index (χ1v) is 20.3. The Morgan fingerprint density at radius 1 is 0.964 bits per heavy atom. The number of carboxylic acids is 2. The number of nitro benzene ring substituents is 1. The first kappa shape index (κ1) is 46.5. The summed E-state index contributed by atoms with van der Waals surface area (Å²) in [5.74, 6) is 3.52. The van der Waals surface area contributed by atoms with Crippen molar-refractivity contribution < 1.29 is 48.4 Å². The third-order valence-electron chi connectivity index (χ3n) is 12.8. The number of ether oxygens (including phenoxy) is 3. The van der Waals surface area contributed by atoms with Crippen LogP contribution in [0.1, 0.15) is 111 Å². The van der Waals surface area contributed by atoms with Crippen LogP contribution in [0.2, 0.25) is 0 Å². The van der Waals surface area contributed by atoms with Gasteiger partial charge >= 0.3 is 11.7 Å². The summed E-state index contributed by atoms with van der Waals surface area (Å²) in [6.45, 7) is 11.8. The van der Waals surface area contributed by atoms with E-state index in [0.29, 0.717) is 57.2 Å². The Kier molecular flexibility index (Phi) is 19.4. The lowest BCUT2D eigenvalue weighted by Gasteiger charge is -2.60. The molecular formula is C40H65N5O11. The Morgan fingerprint density at radius 2 is 1.64 bits per heavy atom. The van der Waals surface area contributed by atoms with Gasteiger partial charge in [0.15, 0.2) is 5.52 Å². The Balaban J connectivity index is 0.000000226. The number of nitrogens with one attached hydrogen (secondary N) is 1. The minimum absolute atomic E-state index is 0.0228. The van der Waals surface area contributed by atoms with Gasteiger partial charge in [-0.3, -0.25) is 24.5 Å². The van der Waals surface area contributed by atoms with E-state index in [9.17, 15) is 19.7 Å². The molecule has 5 N–H and O–H groups in total. The van der Waals surface area contributed by atoms with Gasteiger partial charge in [-0.15, -0.1) is 0 Å². The van der Waals surface area contributed by atoms with Crippen molar-refractivity contribution in [2.45, 2.75) is 111 Å². The lowest BCUT2D eigenvalue weighted by atomic mass is 9.45. The van der Waals surface area contributed by atoms with Gasteiger partial charge in [0.2, 0.25) is 5.52 Å². The second-order valence-electron chi connectivity index (χ2n) is 16.0. The van der Waals surface area contributed by atoms with Crippen LogP contribution >= 0.6 is 0 Å². The highest BCUT2D eigenvalue weighted by atomic mass is 16.6. The molecule has 1 heterocycles. The maximum Gasteiger partial charge on any atom is 0.322 e. The summed E-state index contributed by atoms with van der Waals surface area (Å²) in [6, 6.07) is 2.56. The molecule has 4 fully saturated rings. The number of non-ortho nitro benzene ring substituents is 1. The molecule has 4 aliphatic rings. The van der Waals surface area contributed by atoms with E-state index in [-0.39, 0.29) is 23.3 Å². The van der Waals surface area contributed by atoms with E-state index in [4.69, 9.17) is 30.2 Å². The van der Waals surface area contributed by atoms with Crippen molar-refractivity contribution in [2.75, 3.05) is 51.4 Å². The number of nitrogens with two attached hydrogens (primary N) is 1. The molecule has 7 atom stereocenters. The average Bonchev–Trinajstić information content (AvgIpc) is 3.79. The van der Waals surface area contributed by atoms with Crippen LogP contribution in [-0.4, -0.2) is 90.0 Å². The molecule has 0 saturated heterocycles.